The SMILES string of the molecule is COC1=CCC(Nc2cccc3c2C2CCCC=C2N3C2CC=C(C3=CC=CCC3)CC2)C=C1. The van der Waals surface area contributed by atoms with Crippen LogP contribution >= 0.6 is 0 Å². The highest BCUT2D eigenvalue weighted by molar-refractivity contribution is 5.78. The molecule has 0 amide bonds. The van der Waals surface area contributed by atoms with Crippen LogP contribution in [0.4, 0.5) is 11.4 Å². The normalized spacial score (nSPS) is 27.8. The Bertz CT molecular complexity index is 1130. The lowest BCUT2D eigenvalue weighted by Crippen LogP contribution is -2.34. The summed E-state index contributed by atoms with van der Waals surface area (Å²) >= 11 is 0. The van der Waals surface area contributed by atoms with Crippen LogP contribution in [0.3, 0.4) is 0 Å². The van der Waals surface area contributed by atoms with E-state index in [9.17, 15) is 0 Å². The molecule has 1 aromatic rings. The Morgan fingerprint density at radius 1 is 1.00 bits per heavy atom. The summed E-state index contributed by atoms with van der Waals surface area (Å²) in [5, 5.41) is 3.87. The summed E-state index contributed by atoms with van der Waals surface area (Å²) in [7, 11) is 1.74. The first-order chi connectivity index (χ1) is 16.8. The Kier molecular flexibility index (Phi) is 5.95. The van der Waals surface area contributed by atoms with Crippen molar-refractivity contribution in [1.82, 2.24) is 0 Å². The van der Waals surface area contributed by atoms with Gasteiger partial charge in [-0.3, -0.25) is 0 Å². The number of rotatable bonds is 5. The van der Waals surface area contributed by atoms with Crippen LogP contribution in [-0.2, 0) is 4.74 Å². The predicted molar refractivity (Wildman–Crippen MR) is 142 cm³/mol. The first kappa shape index (κ1) is 21.6. The fraction of sp³-hybridized carbons (Fsp3) is 0.419. The second-order valence-electron chi connectivity index (χ2n) is 10.2. The minimum absolute atomic E-state index is 0.313. The maximum Gasteiger partial charge on any atom is 0.114 e. The largest absolute Gasteiger partial charge is 0.497 e. The summed E-state index contributed by atoms with van der Waals surface area (Å²) in [6.07, 6.45) is 29.2. The lowest BCUT2D eigenvalue weighted by Gasteiger charge is -2.36. The number of hydrogen-bond donors (Lipinski definition) is 1. The molecule has 176 valence electrons. The van der Waals surface area contributed by atoms with E-state index in [0.29, 0.717) is 18.0 Å². The van der Waals surface area contributed by atoms with Gasteiger partial charge in [-0.2, -0.15) is 0 Å². The first-order valence-electron chi connectivity index (χ1n) is 13.2. The Labute approximate surface area is 204 Å². The first-order valence-corrected chi connectivity index (χ1v) is 13.2. The summed E-state index contributed by atoms with van der Waals surface area (Å²) in [5.41, 5.74) is 9.01. The van der Waals surface area contributed by atoms with Gasteiger partial charge in [0.2, 0.25) is 0 Å². The Hall–Kier alpha value is -2.94. The van der Waals surface area contributed by atoms with Gasteiger partial charge in [-0.15, -0.1) is 0 Å². The average Bonchev–Trinajstić information content (AvgIpc) is 3.25. The number of ether oxygens (including phenoxy) is 1. The number of anilines is 2. The lowest BCUT2D eigenvalue weighted by molar-refractivity contribution is 0.303. The summed E-state index contributed by atoms with van der Waals surface area (Å²) in [4.78, 5) is 2.73. The molecule has 1 aromatic carbocycles. The molecule has 3 heteroatoms. The van der Waals surface area contributed by atoms with Gasteiger partial charge in [-0.25, -0.2) is 0 Å². The third-order valence-electron chi connectivity index (χ3n) is 8.19. The van der Waals surface area contributed by atoms with E-state index in [1.54, 1.807) is 24.0 Å². The molecule has 0 fully saturated rings. The fourth-order valence-electron chi connectivity index (χ4n) is 6.50. The van der Waals surface area contributed by atoms with Crippen LogP contribution in [0, 0.1) is 0 Å². The van der Waals surface area contributed by atoms with Gasteiger partial charge in [0.1, 0.15) is 5.76 Å². The zero-order chi connectivity index (χ0) is 22.9. The number of nitrogens with zero attached hydrogens (tertiary/aromatic N) is 1. The van der Waals surface area contributed by atoms with Crippen molar-refractivity contribution >= 4 is 11.4 Å². The van der Waals surface area contributed by atoms with Crippen LogP contribution in [0.15, 0.2) is 89.4 Å². The van der Waals surface area contributed by atoms with Gasteiger partial charge in [0, 0.05) is 40.6 Å². The summed E-state index contributed by atoms with van der Waals surface area (Å²) in [6.45, 7) is 0. The van der Waals surface area contributed by atoms with Gasteiger partial charge >= 0.3 is 0 Å². The third kappa shape index (κ3) is 3.96. The van der Waals surface area contributed by atoms with Crippen LogP contribution in [0.1, 0.15) is 69.3 Å². The smallest absolute Gasteiger partial charge is 0.114 e. The van der Waals surface area contributed by atoms with Crippen molar-refractivity contribution < 1.29 is 4.74 Å². The Balaban J connectivity index is 1.28. The molecule has 6 rings (SSSR count). The Morgan fingerprint density at radius 3 is 2.74 bits per heavy atom. The van der Waals surface area contributed by atoms with Crippen molar-refractivity contribution in [2.75, 3.05) is 17.3 Å². The van der Waals surface area contributed by atoms with Crippen molar-refractivity contribution in [1.29, 1.82) is 0 Å². The topological polar surface area (TPSA) is 24.5 Å². The van der Waals surface area contributed by atoms with Gasteiger partial charge < -0.3 is 15.0 Å². The summed E-state index contributed by atoms with van der Waals surface area (Å²) in [5.74, 6) is 1.49. The molecule has 3 unspecified atom stereocenters. The average molecular weight is 453 g/mol. The molecule has 0 aromatic heterocycles. The van der Waals surface area contributed by atoms with E-state index >= 15 is 0 Å². The van der Waals surface area contributed by atoms with E-state index in [1.807, 2.05) is 0 Å². The molecule has 0 bridgehead atoms. The van der Waals surface area contributed by atoms with E-state index in [-0.39, 0.29) is 0 Å². The number of nitrogens with one attached hydrogen (secondary N) is 1. The van der Waals surface area contributed by atoms with Gasteiger partial charge in [0.25, 0.3) is 0 Å². The number of benzene rings is 1. The number of hydrogen-bond acceptors (Lipinski definition) is 3. The van der Waals surface area contributed by atoms with Gasteiger partial charge in [-0.05, 0) is 93.2 Å². The van der Waals surface area contributed by atoms with Crippen molar-refractivity contribution in [3.05, 3.63) is 95.0 Å². The van der Waals surface area contributed by atoms with Crippen LogP contribution in [0.5, 0.6) is 0 Å². The summed E-state index contributed by atoms with van der Waals surface area (Å²) < 4.78 is 5.38. The van der Waals surface area contributed by atoms with Crippen molar-refractivity contribution in [2.24, 2.45) is 0 Å². The third-order valence-corrected chi connectivity index (χ3v) is 8.19. The monoisotopic (exact) mass is 452 g/mol. The van der Waals surface area contributed by atoms with Crippen LogP contribution in [0.2, 0.25) is 0 Å². The minimum Gasteiger partial charge on any atom is -0.497 e. The second-order valence-corrected chi connectivity index (χ2v) is 10.2. The lowest BCUT2D eigenvalue weighted by atomic mass is 9.85. The maximum absolute atomic E-state index is 5.38. The maximum atomic E-state index is 5.38. The molecule has 0 spiro atoms. The van der Waals surface area contributed by atoms with Gasteiger partial charge in [0.05, 0.1) is 7.11 Å². The van der Waals surface area contributed by atoms with Crippen molar-refractivity contribution in [3.8, 4) is 0 Å². The molecule has 3 atom stereocenters. The molecule has 4 aliphatic carbocycles. The zero-order valence-corrected chi connectivity index (χ0v) is 20.3. The van der Waals surface area contributed by atoms with E-state index in [4.69, 9.17) is 4.74 Å². The van der Waals surface area contributed by atoms with Crippen molar-refractivity contribution in [2.45, 2.75) is 75.8 Å². The van der Waals surface area contributed by atoms with E-state index in [1.165, 1.54) is 61.9 Å². The zero-order valence-electron chi connectivity index (χ0n) is 20.3. The quantitative estimate of drug-likeness (QED) is 0.496. The van der Waals surface area contributed by atoms with Crippen LogP contribution in [-0.4, -0.2) is 19.2 Å². The van der Waals surface area contributed by atoms with Gasteiger partial charge in [-0.1, -0.05) is 42.5 Å². The van der Waals surface area contributed by atoms with Crippen LogP contribution in [0.25, 0.3) is 0 Å². The second kappa shape index (κ2) is 9.37. The molecule has 1 heterocycles. The predicted octanol–water partition coefficient (Wildman–Crippen LogP) is 7.68. The molecule has 3 nitrogen and oxygen atoms in total. The molecule has 34 heavy (non-hydrogen) atoms. The molecule has 1 N–H and O–H groups in total. The molecular formula is C31H36N2O. The van der Waals surface area contributed by atoms with E-state index < -0.39 is 0 Å². The summed E-state index contributed by atoms with van der Waals surface area (Å²) in [6, 6.07) is 7.78. The Morgan fingerprint density at radius 2 is 1.97 bits per heavy atom. The highest BCUT2D eigenvalue weighted by Gasteiger charge is 2.40. The number of fused-ring (bicyclic) bond motifs is 3. The fourth-order valence-corrected chi connectivity index (χ4v) is 6.50. The van der Waals surface area contributed by atoms with Crippen LogP contribution < -0.4 is 10.2 Å². The highest BCUT2D eigenvalue weighted by Crippen LogP contribution is 2.53. The van der Waals surface area contributed by atoms with E-state index in [2.05, 4.69) is 77.0 Å². The minimum atomic E-state index is 0.313. The van der Waals surface area contributed by atoms with E-state index in [0.717, 1.165) is 18.6 Å². The molecular weight excluding hydrogens is 416 g/mol. The number of methoxy groups -OCH3 is 1. The number of allylic oxidation sites excluding steroid dienone is 8. The molecule has 5 aliphatic rings. The highest BCUT2D eigenvalue weighted by atomic mass is 16.5. The molecule has 0 radical (unpaired) electrons. The molecule has 0 saturated carbocycles. The molecule has 1 aliphatic heterocycles. The van der Waals surface area contributed by atoms with Gasteiger partial charge in [0.15, 0.2) is 0 Å². The van der Waals surface area contributed by atoms with Crippen molar-refractivity contribution in [3.63, 3.8) is 0 Å². The standard InChI is InChI=1S/C31H36N2O/c1-34-26-20-16-24(17-21-26)32-28-11-7-13-30-31(28)27-10-5-6-12-29(27)33(30)25-18-14-23(15-19-25)22-8-3-2-4-9-22/h2-3,7-8,11-14,16,20-21,24-25,27,32H,4-6,9-10,15,17-19H2,1H3. The molecule has 0 saturated heterocycles.